The highest BCUT2D eigenvalue weighted by Crippen LogP contribution is 2.14. The average Bonchev–Trinajstić information content (AvgIpc) is 2.75. The number of carbonyl (C=O) groups excluding carboxylic acids is 1. The molecule has 7 heteroatoms. The van der Waals surface area contributed by atoms with Crippen LogP contribution in [0, 0.1) is 0 Å². The Bertz CT molecular complexity index is 688. The second-order valence-corrected chi connectivity index (χ2v) is 6.22. The van der Waals surface area contributed by atoms with Crippen LogP contribution in [0.15, 0.2) is 24.5 Å². The van der Waals surface area contributed by atoms with E-state index < -0.39 is 0 Å². The van der Waals surface area contributed by atoms with Crippen molar-refractivity contribution in [3.8, 4) is 0 Å². The van der Waals surface area contributed by atoms with Crippen molar-refractivity contribution in [3.63, 3.8) is 0 Å². The molecule has 0 atom stereocenters. The van der Waals surface area contributed by atoms with E-state index in [2.05, 4.69) is 9.88 Å². The molecule has 0 aliphatic carbocycles. The summed E-state index contributed by atoms with van der Waals surface area (Å²) in [7, 11) is 1.55. The van der Waals surface area contributed by atoms with E-state index in [-0.39, 0.29) is 12.5 Å². The van der Waals surface area contributed by atoms with Crippen LogP contribution in [0.5, 0.6) is 0 Å². The molecule has 0 bridgehead atoms. The first-order valence-electron chi connectivity index (χ1n) is 7.78. The number of methoxy groups -OCH3 is 1. The molecule has 1 saturated heterocycles. The van der Waals surface area contributed by atoms with Gasteiger partial charge < -0.3 is 14.0 Å². The molecule has 1 fully saturated rings. The summed E-state index contributed by atoms with van der Waals surface area (Å²) in [5.41, 5.74) is 1.92. The molecule has 23 heavy (non-hydrogen) atoms. The standard InChI is InChI=1S/C16H21ClN4O2/c1-23-12-16(22)20-6-2-5-19(7-8-20)10-14-11-21-9-13(17)3-4-15(21)18-14/h3-4,9,11H,2,5-8,10,12H2,1H3. The zero-order valence-corrected chi connectivity index (χ0v) is 14.0. The van der Waals surface area contributed by atoms with Gasteiger partial charge in [0.25, 0.3) is 0 Å². The van der Waals surface area contributed by atoms with E-state index in [1.807, 2.05) is 33.8 Å². The molecule has 2 aromatic heterocycles. The lowest BCUT2D eigenvalue weighted by molar-refractivity contribution is -0.135. The van der Waals surface area contributed by atoms with Crippen LogP contribution in [0.25, 0.3) is 5.65 Å². The Balaban J connectivity index is 1.62. The molecular weight excluding hydrogens is 316 g/mol. The largest absolute Gasteiger partial charge is 0.375 e. The number of hydrogen-bond donors (Lipinski definition) is 0. The lowest BCUT2D eigenvalue weighted by atomic mass is 10.3. The summed E-state index contributed by atoms with van der Waals surface area (Å²) in [6, 6.07) is 3.76. The fourth-order valence-corrected chi connectivity index (χ4v) is 3.08. The lowest BCUT2D eigenvalue weighted by Crippen LogP contribution is -2.37. The highest BCUT2D eigenvalue weighted by Gasteiger charge is 2.19. The van der Waals surface area contributed by atoms with Gasteiger partial charge in [-0.1, -0.05) is 11.6 Å². The van der Waals surface area contributed by atoms with E-state index in [1.54, 1.807) is 7.11 Å². The summed E-state index contributed by atoms with van der Waals surface area (Å²) in [5.74, 6) is 0.0664. The molecule has 6 nitrogen and oxygen atoms in total. The van der Waals surface area contributed by atoms with Gasteiger partial charge in [0.1, 0.15) is 12.3 Å². The van der Waals surface area contributed by atoms with Crippen molar-refractivity contribution >= 4 is 23.2 Å². The van der Waals surface area contributed by atoms with Gasteiger partial charge in [0.15, 0.2) is 0 Å². The number of amides is 1. The topological polar surface area (TPSA) is 50.1 Å². The molecule has 0 saturated carbocycles. The predicted molar refractivity (Wildman–Crippen MR) is 88.6 cm³/mol. The number of nitrogens with zero attached hydrogens (tertiary/aromatic N) is 4. The number of carbonyl (C=O) groups is 1. The minimum absolute atomic E-state index is 0.0664. The smallest absolute Gasteiger partial charge is 0.248 e. The lowest BCUT2D eigenvalue weighted by Gasteiger charge is -2.21. The molecule has 1 aliphatic rings. The Kier molecular flexibility index (Phi) is 5.15. The van der Waals surface area contributed by atoms with Gasteiger partial charge in [0.2, 0.25) is 5.91 Å². The fourth-order valence-electron chi connectivity index (χ4n) is 2.92. The van der Waals surface area contributed by atoms with Crippen molar-refractivity contribution in [2.24, 2.45) is 0 Å². The number of pyridine rings is 1. The third kappa shape index (κ3) is 4.02. The molecule has 0 N–H and O–H groups in total. The molecule has 3 heterocycles. The van der Waals surface area contributed by atoms with E-state index in [9.17, 15) is 4.79 Å². The fraction of sp³-hybridized carbons (Fsp3) is 0.500. The van der Waals surface area contributed by atoms with Crippen molar-refractivity contribution in [1.82, 2.24) is 19.2 Å². The zero-order chi connectivity index (χ0) is 16.2. The second kappa shape index (κ2) is 7.29. The van der Waals surface area contributed by atoms with Crippen LogP contribution in [0.2, 0.25) is 5.02 Å². The van der Waals surface area contributed by atoms with Gasteiger partial charge in [0.05, 0.1) is 10.7 Å². The molecule has 3 rings (SSSR count). The van der Waals surface area contributed by atoms with Crippen LogP contribution >= 0.6 is 11.6 Å². The Hall–Kier alpha value is -1.63. The Morgan fingerprint density at radius 1 is 1.26 bits per heavy atom. The van der Waals surface area contributed by atoms with Gasteiger partial charge in [-0.15, -0.1) is 0 Å². The van der Waals surface area contributed by atoms with E-state index in [1.165, 1.54) is 0 Å². The van der Waals surface area contributed by atoms with E-state index in [4.69, 9.17) is 16.3 Å². The first-order valence-corrected chi connectivity index (χ1v) is 8.16. The molecule has 124 valence electrons. The van der Waals surface area contributed by atoms with Crippen molar-refractivity contribution in [2.45, 2.75) is 13.0 Å². The summed E-state index contributed by atoms with van der Waals surface area (Å²) in [5, 5.41) is 0.698. The van der Waals surface area contributed by atoms with Gasteiger partial charge in [0, 0.05) is 52.2 Å². The van der Waals surface area contributed by atoms with Crippen molar-refractivity contribution in [1.29, 1.82) is 0 Å². The number of halogens is 1. The monoisotopic (exact) mass is 336 g/mol. The Morgan fingerprint density at radius 3 is 2.96 bits per heavy atom. The minimum Gasteiger partial charge on any atom is -0.375 e. The predicted octanol–water partition coefficient (Wildman–Crippen LogP) is 1.67. The molecule has 0 spiro atoms. The molecular formula is C16H21ClN4O2. The zero-order valence-electron chi connectivity index (χ0n) is 13.2. The molecule has 0 unspecified atom stereocenters. The summed E-state index contributed by atoms with van der Waals surface area (Å²) in [6.45, 7) is 4.29. The summed E-state index contributed by atoms with van der Waals surface area (Å²) in [4.78, 5) is 20.8. The van der Waals surface area contributed by atoms with Crippen LogP contribution in [0.1, 0.15) is 12.1 Å². The van der Waals surface area contributed by atoms with Gasteiger partial charge in [-0.3, -0.25) is 9.69 Å². The van der Waals surface area contributed by atoms with Crippen LogP contribution < -0.4 is 0 Å². The van der Waals surface area contributed by atoms with Crippen LogP contribution in [-0.2, 0) is 16.1 Å². The first-order chi connectivity index (χ1) is 11.2. The highest BCUT2D eigenvalue weighted by atomic mass is 35.5. The molecule has 1 amide bonds. The number of fused-ring (bicyclic) bond motifs is 1. The molecule has 2 aromatic rings. The quantitative estimate of drug-likeness (QED) is 0.852. The van der Waals surface area contributed by atoms with Crippen LogP contribution in [0.3, 0.4) is 0 Å². The first kappa shape index (κ1) is 16.2. The van der Waals surface area contributed by atoms with E-state index in [0.29, 0.717) is 5.02 Å². The number of hydrogen-bond acceptors (Lipinski definition) is 4. The third-order valence-corrected chi connectivity index (χ3v) is 4.28. The maximum Gasteiger partial charge on any atom is 0.248 e. The summed E-state index contributed by atoms with van der Waals surface area (Å²) in [6.07, 6.45) is 4.84. The maximum atomic E-state index is 11.9. The molecule has 1 aliphatic heterocycles. The van der Waals surface area contributed by atoms with Crippen LogP contribution in [0.4, 0.5) is 0 Å². The van der Waals surface area contributed by atoms with Crippen molar-refractivity contribution in [2.75, 3.05) is 39.9 Å². The second-order valence-electron chi connectivity index (χ2n) is 5.79. The van der Waals surface area contributed by atoms with E-state index >= 15 is 0 Å². The van der Waals surface area contributed by atoms with Crippen molar-refractivity contribution in [3.05, 3.63) is 35.2 Å². The SMILES string of the molecule is COCC(=O)N1CCCN(Cc2cn3cc(Cl)ccc3n2)CC1. The maximum absolute atomic E-state index is 11.9. The number of imidazole rings is 1. The summed E-state index contributed by atoms with van der Waals surface area (Å²) < 4.78 is 6.88. The van der Waals surface area contributed by atoms with Crippen molar-refractivity contribution < 1.29 is 9.53 Å². The van der Waals surface area contributed by atoms with Gasteiger partial charge >= 0.3 is 0 Å². The highest BCUT2D eigenvalue weighted by molar-refractivity contribution is 6.30. The molecule has 0 radical (unpaired) electrons. The van der Waals surface area contributed by atoms with Crippen LogP contribution in [-0.4, -0.2) is 65.0 Å². The minimum atomic E-state index is 0.0664. The van der Waals surface area contributed by atoms with Gasteiger partial charge in [-0.05, 0) is 18.6 Å². The average molecular weight is 337 g/mol. The molecule has 0 aromatic carbocycles. The normalized spacial score (nSPS) is 16.7. The van der Waals surface area contributed by atoms with Gasteiger partial charge in [-0.2, -0.15) is 0 Å². The Morgan fingerprint density at radius 2 is 2.13 bits per heavy atom. The number of aromatic nitrogens is 2. The van der Waals surface area contributed by atoms with Gasteiger partial charge in [-0.25, -0.2) is 4.98 Å². The van der Waals surface area contributed by atoms with E-state index in [0.717, 1.165) is 50.5 Å². The number of rotatable bonds is 4. The summed E-state index contributed by atoms with van der Waals surface area (Å²) >= 11 is 6.01. The number of ether oxygens (including phenoxy) is 1. The Labute approximate surface area is 140 Å². The third-order valence-electron chi connectivity index (χ3n) is 4.06.